The van der Waals surface area contributed by atoms with Gasteiger partial charge in [-0.05, 0) is 0 Å². The molecule has 0 spiro atoms. The zero-order chi connectivity index (χ0) is 11.8. The van der Waals surface area contributed by atoms with Gasteiger partial charge in [-0.3, -0.25) is 0 Å². The van der Waals surface area contributed by atoms with Crippen LogP contribution in [0.25, 0.3) is 0 Å². The molecule has 0 aromatic rings. The molecule has 0 bridgehead atoms. The average Bonchev–Trinajstić information content (AvgIpc) is 2.00. The van der Waals surface area contributed by atoms with Crippen LogP contribution in [0.4, 0.5) is 0 Å². The van der Waals surface area contributed by atoms with Crippen LogP contribution < -0.4 is 0 Å². The van der Waals surface area contributed by atoms with E-state index in [9.17, 15) is 0 Å². The third-order valence-corrected chi connectivity index (χ3v) is 4.59. The fourth-order valence-corrected chi connectivity index (χ4v) is 2.82. The van der Waals surface area contributed by atoms with Crippen molar-refractivity contribution in [1.29, 1.82) is 0 Å². The van der Waals surface area contributed by atoms with Crippen molar-refractivity contribution in [2.75, 3.05) is 41.3 Å². The Morgan fingerprint density at radius 2 is 1.20 bits per heavy atom. The number of likely N-dealkylation sites (N-methyl/N-ethyl adjacent to an activating group) is 2. The van der Waals surface area contributed by atoms with Gasteiger partial charge in [-0.2, -0.15) is 0 Å². The summed E-state index contributed by atoms with van der Waals surface area (Å²) in [4.78, 5) is 4.26. The molecule has 0 rings (SSSR count). The van der Waals surface area contributed by atoms with Crippen molar-refractivity contribution in [3.63, 3.8) is 0 Å². The van der Waals surface area contributed by atoms with Gasteiger partial charge in [0.2, 0.25) is 0 Å². The summed E-state index contributed by atoms with van der Waals surface area (Å²) in [7, 11) is 8.22. The molecule has 4 nitrogen and oxygen atoms in total. The van der Waals surface area contributed by atoms with Crippen molar-refractivity contribution in [2.45, 2.75) is 26.1 Å². The molecule has 0 fully saturated rings. The Labute approximate surface area is 105 Å². The minimum absolute atomic E-state index is 0.290. The Morgan fingerprint density at radius 3 is 1.47 bits per heavy atom. The predicted molar refractivity (Wildman–Crippen MR) is 64.0 cm³/mol. The first kappa shape index (κ1) is 15.6. The van der Waals surface area contributed by atoms with E-state index >= 15 is 0 Å². The molecule has 0 heterocycles. The first-order valence-corrected chi connectivity index (χ1v) is 7.60. The monoisotopic (exact) mass is 324 g/mol. The van der Waals surface area contributed by atoms with Crippen LogP contribution in [0.3, 0.4) is 0 Å². The van der Waals surface area contributed by atoms with Crippen LogP contribution in [0.1, 0.15) is 13.8 Å². The third kappa shape index (κ3) is 10.9. The van der Waals surface area contributed by atoms with Gasteiger partial charge in [0.1, 0.15) is 0 Å². The van der Waals surface area contributed by atoms with E-state index in [2.05, 4.69) is 51.8 Å². The fourth-order valence-electron chi connectivity index (χ4n) is 1.30. The second-order valence-electron chi connectivity index (χ2n) is 4.46. The third-order valence-electron chi connectivity index (χ3n) is 1.74. The van der Waals surface area contributed by atoms with Gasteiger partial charge in [0.05, 0.1) is 0 Å². The molecule has 0 aliphatic heterocycles. The van der Waals surface area contributed by atoms with Crippen molar-refractivity contribution in [2.24, 2.45) is 0 Å². The average molecular weight is 323 g/mol. The standard InChI is InChI=1S/2C5H12NO.Sn/c2*1-5(7)4-6(2)3;/h2*5H,4H2,1-3H3;/q2*-1;+2. The molecule has 5 heteroatoms. The molecule has 0 aromatic carbocycles. The topological polar surface area (TPSA) is 24.9 Å². The number of rotatable bonds is 8. The molecule has 0 aromatic heterocycles. The number of hydrogen-bond acceptors (Lipinski definition) is 4. The second kappa shape index (κ2) is 8.75. The molecule has 0 N–H and O–H groups in total. The second-order valence-corrected chi connectivity index (χ2v) is 6.29. The Morgan fingerprint density at radius 1 is 0.867 bits per heavy atom. The number of nitrogens with zero attached hydrogens (tertiary/aromatic N) is 2. The van der Waals surface area contributed by atoms with Crippen LogP contribution in [0, 0.1) is 0 Å². The predicted octanol–water partition coefficient (Wildman–Crippen LogP) is 0.454. The van der Waals surface area contributed by atoms with Gasteiger partial charge in [-0.25, -0.2) is 0 Å². The van der Waals surface area contributed by atoms with E-state index in [0.29, 0.717) is 0 Å². The van der Waals surface area contributed by atoms with E-state index in [1.165, 1.54) is 0 Å². The van der Waals surface area contributed by atoms with Crippen LogP contribution in [-0.2, 0) is 6.15 Å². The summed E-state index contributed by atoms with van der Waals surface area (Å²) in [5, 5.41) is 0. The van der Waals surface area contributed by atoms with Crippen molar-refractivity contribution in [1.82, 2.24) is 9.80 Å². The molecule has 15 heavy (non-hydrogen) atoms. The fraction of sp³-hybridized carbons (Fsp3) is 1.00. The van der Waals surface area contributed by atoms with Gasteiger partial charge in [0.25, 0.3) is 0 Å². The minimum atomic E-state index is -1.09. The van der Waals surface area contributed by atoms with Gasteiger partial charge in [0, 0.05) is 0 Å². The van der Waals surface area contributed by atoms with E-state index in [1.807, 2.05) is 0 Å². The Bertz CT molecular complexity index is 140. The van der Waals surface area contributed by atoms with Gasteiger partial charge < -0.3 is 0 Å². The van der Waals surface area contributed by atoms with Gasteiger partial charge in [-0.1, -0.05) is 0 Å². The molecule has 0 aliphatic carbocycles. The molecular formula is C10H24N2O2Sn. The molecule has 2 atom stereocenters. The zero-order valence-corrected chi connectivity index (χ0v) is 13.6. The molecule has 0 amide bonds. The zero-order valence-electron chi connectivity index (χ0n) is 10.8. The molecule has 2 unspecified atom stereocenters. The van der Waals surface area contributed by atoms with Crippen LogP contribution in [0.15, 0.2) is 0 Å². The van der Waals surface area contributed by atoms with Crippen LogP contribution in [0.5, 0.6) is 0 Å². The molecule has 2 radical (unpaired) electrons. The van der Waals surface area contributed by atoms with Crippen LogP contribution in [0.2, 0.25) is 0 Å². The van der Waals surface area contributed by atoms with Crippen molar-refractivity contribution >= 4 is 22.0 Å². The molecule has 90 valence electrons. The maximum atomic E-state index is 5.69. The van der Waals surface area contributed by atoms with E-state index in [0.717, 1.165) is 13.1 Å². The maximum absolute atomic E-state index is 5.69. The Balaban J connectivity index is 3.44. The Hall–Kier alpha value is 0.639. The summed E-state index contributed by atoms with van der Waals surface area (Å²) in [6, 6.07) is 0. The Kier molecular flexibility index (Phi) is 9.12. The van der Waals surface area contributed by atoms with E-state index in [-0.39, 0.29) is 12.2 Å². The van der Waals surface area contributed by atoms with Crippen LogP contribution >= 0.6 is 0 Å². The first-order chi connectivity index (χ1) is 6.91. The van der Waals surface area contributed by atoms with E-state index in [1.54, 1.807) is 0 Å². The summed E-state index contributed by atoms with van der Waals surface area (Å²) in [5.41, 5.74) is 0. The normalized spacial score (nSPS) is 16.0. The molecule has 0 aliphatic rings. The van der Waals surface area contributed by atoms with Gasteiger partial charge in [0.15, 0.2) is 0 Å². The summed E-state index contributed by atoms with van der Waals surface area (Å²) in [5.74, 6) is 0. The quantitative estimate of drug-likeness (QED) is 0.606. The van der Waals surface area contributed by atoms with Crippen molar-refractivity contribution < 1.29 is 6.15 Å². The molecule has 0 saturated carbocycles. The summed E-state index contributed by atoms with van der Waals surface area (Å²) in [6.45, 7) is 6.13. The first-order valence-electron chi connectivity index (χ1n) is 5.27. The SMILES string of the molecule is CC(CN(C)C)[O][Sn][O]C(C)CN(C)C. The summed E-state index contributed by atoms with van der Waals surface area (Å²) < 4.78 is 11.4. The van der Waals surface area contributed by atoms with E-state index < -0.39 is 22.0 Å². The molecular weight excluding hydrogens is 299 g/mol. The van der Waals surface area contributed by atoms with Gasteiger partial charge in [-0.15, -0.1) is 0 Å². The van der Waals surface area contributed by atoms with E-state index in [4.69, 9.17) is 6.15 Å². The van der Waals surface area contributed by atoms with Crippen molar-refractivity contribution in [3.8, 4) is 0 Å². The van der Waals surface area contributed by atoms with Crippen molar-refractivity contribution in [3.05, 3.63) is 0 Å². The summed E-state index contributed by atoms with van der Waals surface area (Å²) in [6.07, 6.45) is 0.580. The molecule has 0 saturated heterocycles. The van der Waals surface area contributed by atoms with Crippen LogP contribution in [-0.4, -0.2) is 85.3 Å². The summed E-state index contributed by atoms with van der Waals surface area (Å²) >= 11 is -1.09. The van der Waals surface area contributed by atoms with Gasteiger partial charge >= 0.3 is 105 Å². The number of hydrogen-bond donors (Lipinski definition) is 0.